The van der Waals surface area contributed by atoms with Crippen LogP contribution in [0.1, 0.15) is 31.2 Å². The second kappa shape index (κ2) is 6.92. The Bertz CT molecular complexity index is 506. The normalized spacial score (nSPS) is 20.9. The maximum atomic E-state index is 12.1. The molecule has 22 heavy (non-hydrogen) atoms. The van der Waals surface area contributed by atoms with Crippen LogP contribution in [0.25, 0.3) is 0 Å². The van der Waals surface area contributed by atoms with Gasteiger partial charge in [-0.3, -0.25) is 4.79 Å². The van der Waals surface area contributed by atoms with E-state index in [1.807, 2.05) is 11.8 Å². The zero-order valence-corrected chi connectivity index (χ0v) is 13.7. The lowest BCUT2D eigenvalue weighted by molar-refractivity contribution is -0.139. The van der Waals surface area contributed by atoms with Gasteiger partial charge >= 0.3 is 0 Å². The Morgan fingerprint density at radius 2 is 1.82 bits per heavy atom. The van der Waals surface area contributed by atoms with Gasteiger partial charge in [-0.05, 0) is 43.4 Å². The molecule has 1 aliphatic heterocycles. The number of carbonyl (C=O) groups is 1. The average molecular weight is 320 g/mol. The Hall–Kier alpha value is -1.20. The van der Waals surface area contributed by atoms with Gasteiger partial charge in [-0.1, -0.05) is 12.1 Å². The van der Waals surface area contributed by atoms with Crippen LogP contribution in [0.5, 0.6) is 0 Å². The summed E-state index contributed by atoms with van der Waals surface area (Å²) in [6, 6.07) is 8.38. The van der Waals surface area contributed by atoms with E-state index in [1.54, 1.807) is 0 Å². The number of nitrogens with one attached hydrogen (secondary N) is 1. The Morgan fingerprint density at radius 3 is 2.45 bits per heavy atom. The number of anilines is 1. The highest BCUT2D eigenvalue weighted by molar-refractivity contribution is 7.99. The second-order valence-electron chi connectivity index (χ2n) is 6.19. The van der Waals surface area contributed by atoms with Crippen molar-refractivity contribution in [3.8, 4) is 0 Å². The molecule has 0 atom stereocenters. The highest BCUT2D eigenvalue weighted by Crippen LogP contribution is 2.29. The van der Waals surface area contributed by atoms with Gasteiger partial charge in [0, 0.05) is 36.8 Å². The molecule has 3 rings (SSSR count). The Kier molecular flexibility index (Phi) is 4.93. The SMILES string of the molecule is O=C(NCc1ccc(N2CCSCC2)cc1)C1(O)CCCC1. The fraction of sp³-hybridized carbons (Fsp3) is 0.588. The number of benzene rings is 1. The first-order chi connectivity index (χ1) is 10.7. The quantitative estimate of drug-likeness (QED) is 0.893. The molecule has 1 heterocycles. The summed E-state index contributed by atoms with van der Waals surface area (Å²) in [5, 5.41) is 13.1. The lowest BCUT2D eigenvalue weighted by Crippen LogP contribution is -2.44. The van der Waals surface area contributed by atoms with E-state index in [4.69, 9.17) is 0 Å². The minimum absolute atomic E-state index is 0.220. The van der Waals surface area contributed by atoms with E-state index in [9.17, 15) is 9.90 Å². The second-order valence-corrected chi connectivity index (χ2v) is 7.41. The molecule has 5 heteroatoms. The molecule has 0 radical (unpaired) electrons. The summed E-state index contributed by atoms with van der Waals surface area (Å²) in [6.07, 6.45) is 3.05. The lowest BCUT2D eigenvalue weighted by atomic mass is 10.0. The molecule has 4 nitrogen and oxygen atoms in total. The van der Waals surface area contributed by atoms with E-state index in [-0.39, 0.29) is 5.91 Å². The third kappa shape index (κ3) is 3.58. The van der Waals surface area contributed by atoms with Crippen LogP contribution in [0, 0.1) is 0 Å². The number of hydrogen-bond donors (Lipinski definition) is 2. The minimum Gasteiger partial charge on any atom is -0.380 e. The van der Waals surface area contributed by atoms with Crippen molar-refractivity contribution < 1.29 is 9.90 Å². The molecule has 120 valence electrons. The van der Waals surface area contributed by atoms with E-state index < -0.39 is 5.60 Å². The fourth-order valence-corrected chi connectivity index (χ4v) is 4.08. The summed E-state index contributed by atoms with van der Waals surface area (Å²) in [5.74, 6) is 2.16. The predicted octanol–water partition coefficient (Wildman–Crippen LogP) is 2.16. The van der Waals surface area contributed by atoms with Crippen LogP contribution in [0.3, 0.4) is 0 Å². The van der Waals surface area contributed by atoms with Crippen LogP contribution in [-0.2, 0) is 11.3 Å². The van der Waals surface area contributed by atoms with Crippen LogP contribution in [0.2, 0.25) is 0 Å². The highest BCUT2D eigenvalue weighted by atomic mass is 32.2. The van der Waals surface area contributed by atoms with Crippen molar-refractivity contribution in [3.05, 3.63) is 29.8 Å². The molecule has 2 N–H and O–H groups in total. The van der Waals surface area contributed by atoms with Crippen molar-refractivity contribution >= 4 is 23.4 Å². The number of thioether (sulfide) groups is 1. The van der Waals surface area contributed by atoms with Crippen LogP contribution >= 0.6 is 11.8 Å². The van der Waals surface area contributed by atoms with Crippen LogP contribution in [0.15, 0.2) is 24.3 Å². The number of carbonyl (C=O) groups excluding carboxylic acids is 1. The van der Waals surface area contributed by atoms with Gasteiger partial charge in [0.05, 0.1) is 0 Å². The van der Waals surface area contributed by atoms with E-state index in [2.05, 4.69) is 34.5 Å². The monoisotopic (exact) mass is 320 g/mol. The molecule has 1 saturated heterocycles. The van der Waals surface area contributed by atoms with Crippen molar-refractivity contribution in [2.45, 2.75) is 37.8 Å². The maximum absolute atomic E-state index is 12.1. The van der Waals surface area contributed by atoms with E-state index in [1.165, 1.54) is 17.2 Å². The maximum Gasteiger partial charge on any atom is 0.252 e. The predicted molar refractivity (Wildman–Crippen MR) is 91.2 cm³/mol. The summed E-state index contributed by atoms with van der Waals surface area (Å²) >= 11 is 2.01. The third-order valence-corrected chi connectivity index (χ3v) is 5.56. The minimum atomic E-state index is -1.13. The van der Waals surface area contributed by atoms with Gasteiger partial charge in [0.25, 0.3) is 5.91 Å². The highest BCUT2D eigenvalue weighted by Gasteiger charge is 2.38. The molecule has 2 fully saturated rings. The molecule has 1 amide bonds. The van der Waals surface area contributed by atoms with Gasteiger partial charge in [-0.25, -0.2) is 0 Å². The smallest absolute Gasteiger partial charge is 0.252 e. The molecular weight excluding hydrogens is 296 g/mol. The zero-order chi connectivity index (χ0) is 15.4. The summed E-state index contributed by atoms with van der Waals surface area (Å²) in [4.78, 5) is 14.5. The fourth-order valence-electron chi connectivity index (χ4n) is 3.18. The molecule has 0 unspecified atom stereocenters. The summed E-state index contributed by atoms with van der Waals surface area (Å²) < 4.78 is 0. The van der Waals surface area contributed by atoms with Crippen molar-refractivity contribution in [3.63, 3.8) is 0 Å². The van der Waals surface area contributed by atoms with E-state index in [0.717, 1.165) is 31.5 Å². The third-order valence-electron chi connectivity index (χ3n) is 4.62. The van der Waals surface area contributed by atoms with Crippen LogP contribution in [-0.4, -0.2) is 41.2 Å². The van der Waals surface area contributed by atoms with Gasteiger partial charge in [0.15, 0.2) is 0 Å². The molecule has 1 aliphatic carbocycles. The van der Waals surface area contributed by atoms with Gasteiger partial charge in [0.2, 0.25) is 0 Å². The van der Waals surface area contributed by atoms with Crippen LogP contribution < -0.4 is 10.2 Å². The number of amides is 1. The van der Waals surface area contributed by atoms with Crippen molar-refractivity contribution in [1.29, 1.82) is 0 Å². The number of rotatable bonds is 4. The molecular formula is C17H24N2O2S. The summed E-state index contributed by atoms with van der Waals surface area (Å²) in [6.45, 7) is 2.69. The van der Waals surface area contributed by atoms with Crippen LogP contribution in [0.4, 0.5) is 5.69 Å². The molecule has 2 aliphatic rings. The molecule has 1 aromatic carbocycles. The van der Waals surface area contributed by atoms with Gasteiger partial charge < -0.3 is 15.3 Å². The molecule has 0 spiro atoms. The van der Waals surface area contributed by atoms with E-state index in [0.29, 0.717) is 19.4 Å². The Morgan fingerprint density at radius 1 is 1.18 bits per heavy atom. The van der Waals surface area contributed by atoms with Crippen molar-refractivity contribution in [1.82, 2.24) is 5.32 Å². The standard InChI is InChI=1S/C17H24N2O2S/c20-16(17(21)7-1-2-8-17)18-13-14-3-5-15(6-4-14)19-9-11-22-12-10-19/h3-6,21H,1-2,7-13H2,(H,18,20). The van der Waals surface area contributed by atoms with Gasteiger partial charge in [0.1, 0.15) is 5.60 Å². The first kappa shape index (κ1) is 15.7. The van der Waals surface area contributed by atoms with Crippen molar-refractivity contribution in [2.24, 2.45) is 0 Å². The lowest BCUT2D eigenvalue weighted by Gasteiger charge is -2.28. The first-order valence-corrected chi connectivity index (χ1v) is 9.25. The van der Waals surface area contributed by atoms with Gasteiger partial charge in [-0.15, -0.1) is 0 Å². The number of hydrogen-bond acceptors (Lipinski definition) is 4. The number of aliphatic hydroxyl groups is 1. The Labute approximate surface area is 136 Å². The molecule has 1 aromatic rings. The van der Waals surface area contributed by atoms with Gasteiger partial charge in [-0.2, -0.15) is 11.8 Å². The van der Waals surface area contributed by atoms with Crippen molar-refractivity contribution in [2.75, 3.05) is 29.5 Å². The largest absolute Gasteiger partial charge is 0.380 e. The molecule has 0 bridgehead atoms. The number of nitrogens with zero attached hydrogens (tertiary/aromatic N) is 1. The topological polar surface area (TPSA) is 52.6 Å². The van der Waals surface area contributed by atoms with E-state index >= 15 is 0 Å². The Balaban J connectivity index is 1.53. The molecule has 0 aromatic heterocycles. The zero-order valence-electron chi connectivity index (χ0n) is 12.9. The molecule has 1 saturated carbocycles. The average Bonchev–Trinajstić information content (AvgIpc) is 3.02. The summed E-state index contributed by atoms with van der Waals surface area (Å²) in [5.41, 5.74) is 1.20. The first-order valence-electron chi connectivity index (χ1n) is 8.10. The summed E-state index contributed by atoms with van der Waals surface area (Å²) in [7, 11) is 0.